The largest absolute Gasteiger partial charge is 0.493 e. The minimum atomic E-state index is -0.986. The number of hydrogen-bond acceptors (Lipinski definition) is 8. The van der Waals surface area contributed by atoms with Crippen LogP contribution in [0.4, 0.5) is 10.7 Å². The maximum absolute atomic E-state index is 12.3. The molecule has 26 heavy (non-hydrogen) atoms. The Morgan fingerprint density at radius 1 is 1.19 bits per heavy atom. The number of rotatable bonds is 7. The number of hydrogen-bond donors (Lipinski definition) is 2. The van der Waals surface area contributed by atoms with Crippen LogP contribution in [0.1, 0.15) is 23.0 Å². The molecule has 0 radical (unpaired) electrons. The highest BCUT2D eigenvalue weighted by molar-refractivity contribution is 7.10. The molecule has 1 heterocycles. The summed E-state index contributed by atoms with van der Waals surface area (Å²) in [5.41, 5.74) is 1.39. The Hall–Kier alpha value is -2.81. The van der Waals surface area contributed by atoms with Gasteiger partial charge in [0.05, 0.1) is 19.9 Å². The zero-order valence-electron chi connectivity index (χ0n) is 15.2. The van der Waals surface area contributed by atoms with Crippen LogP contribution in [0.2, 0.25) is 0 Å². The molecule has 2 aromatic rings. The summed E-state index contributed by atoms with van der Waals surface area (Å²) >= 11 is 1.16. The number of esters is 1. The molecule has 0 aliphatic heterocycles. The van der Waals surface area contributed by atoms with Gasteiger partial charge in [-0.2, -0.15) is 4.37 Å². The van der Waals surface area contributed by atoms with E-state index in [1.165, 1.54) is 21.1 Å². The third-order valence-corrected chi connectivity index (χ3v) is 4.55. The van der Waals surface area contributed by atoms with Crippen LogP contribution < -0.4 is 20.1 Å². The van der Waals surface area contributed by atoms with E-state index in [-0.39, 0.29) is 0 Å². The summed E-state index contributed by atoms with van der Waals surface area (Å²) in [6.07, 6.45) is -0.986. The summed E-state index contributed by atoms with van der Waals surface area (Å²) < 4.78 is 19.7. The Morgan fingerprint density at radius 2 is 1.88 bits per heavy atom. The van der Waals surface area contributed by atoms with E-state index in [2.05, 4.69) is 15.0 Å². The standard InChI is InChI=1S/C17H21N3O5S/c1-9-14(16(18-3)26-20-9)17(22)25-10(2)15(21)19-11-6-7-12(23-4)13(8-11)24-5/h6-8,10,18H,1-5H3,(H,19,21). The summed E-state index contributed by atoms with van der Waals surface area (Å²) in [6, 6.07) is 4.96. The summed E-state index contributed by atoms with van der Waals surface area (Å²) in [6.45, 7) is 3.21. The SMILES string of the molecule is CNc1snc(C)c1C(=O)OC(C)C(=O)Nc1ccc(OC)c(OC)c1. The van der Waals surface area contributed by atoms with Crippen molar-refractivity contribution in [3.8, 4) is 11.5 Å². The zero-order chi connectivity index (χ0) is 19.3. The van der Waals surface area contributed by atoms with Crippen molar-refractivity contribution in [2.45, 2.75) is 20.0 Å². The van der Waals surface area contributed by atoms with Gasteiger partial charge in [-0.05, 0) is 37.5 Å². The summed E-state index contributed by atoms with van der Waals surface area (Å²) in [5.74, 6) is -0.0356. The van der Waals surface area contributed by atoms with Crippen LogP contribution in [0.25, 0.3) is 0 Å². The van der Waals surface area contributed by atoms with E-state index in [9.17, 15) is 9.59 Å². The van der Waals surface area contributed by atoms with Crippen LogP contribution in [0, 0.1) is 6.92 Å². The highest BCUT2D eigenvalue weighted by Gasteiger charge is 2.24. The quantitative estimate of drug-likeness (QED) is 0.714. The van der Waals surface area contributed by atoms with Gasteiger partial charge >= 0.3 is 5.97 Å². The van der Waals surface area contributed by atoms with Crippen molar-refractivity contribution in [2.24, 2.45) is 0 Å². The smallest absolute Gasteiger partial charge is 0.343 e. The number of carbonyl (C=O) groups is 2. The van der Waals surface area contributed by atoms with Crippen molar-refractivity contribution in [1.82, 2.24) is 4.37 Å². The van der Waals surface area contributed by atoms with E-state index in [1.54, 1.807) is 32.2 Å². The van der Waals surface area contributed by atoms with E-state index < -0.39 is 18.0 Å². The fourth-order valence-corrected chi connectivity index (χ4v) is 2.94. The lowest BCUT2D eigenvalue weighted by atomic mass is 10.2. The number of benzene rings is 1. The van der Waals surface area contributed by atoms with Crippen molar-refractivity contribution in [1.29, 1.82) is 0 Å². The number of carbonyl (C=O) groups excluding carboxylic acids is 2. The average Bonchev–Trinajstić information content (AvgIpc) is 3.02. The molecule has 1 aromatic carbocycles. The normalized spacial score (nSPS) is 11.4. The van der Waals surface area contributed by atoms with Crippen LogP contribution in [-0.2, 0) is 9.53 Å². The third-order valence-electron chi connectivity index (χ3n) is 3.60. The summed E-state index contributed by atoms with van der Waals surface area (Å²) in [7, 11) is 4.72. The molecule has 1 amide bonds. The van der Waals surface area contributed by atoms with E-state index in [1.807, 2.05) is 0 Å². The molecule has 140 valence electrons. The average molecular weight is 379 g/mol. The number of aromatic nitrogens is 1. The predicted molar refractivity (Wildman–Crippen MR) is 99.5 cm³/mol. The van der Waals surface area contributed by atoms with Gasteiger partial charge in [-0.25, -0.2) is 4.79 Å². The molecule has 0 aliphatic rings. The molecule has 1 atom stereocenters. The molecular formula is C17H21N3O5S. The monoisotopic (exact) mass is 379 g/mol. The first kappa shape index (κ1) is 19.5. The first-order valence-electron chi connectivity index (χ1n) is 7.79. The van der Waals surface area contributed by atoms with Gasteiger partial charge in [0.15, 0.2) is 17.6 Å². The third kappa shape index (κ3) is 4.23. The van der Waals surface area contributed by atoms with Gasteiger partial charge in [0.25, 0.3) is 5.91 Å². The Kier molecular flexibility index (Phi) is 6.40. The second-order valence-corrected chi connectivity index (χ2v) is 6.10. The summed E-state index contributed by atoms with van der Waals surface area (Å²) in [4.78, 5) is 24.7. The lowest BCUT2D eigenvalue weighted by Gasteiger charge is -2.15. The molecular weight excluding hydrogens is 358 g/mol. The van der Waals surface area contributed by atoms with Crippen LogP contribution in [-0.4, -0.2) is 43.6 Å². The molecule has 0 saturated carbocycles. The molecule has 0 aliphatic carbocycles. The first-order valence-corrected chi connectivity index (χ1v) is 8.56. The van der Waals surface area contributed by atoms with E-state index in [0.717, 1.165) is 11.5 Å². The number of amides is 1. The molecule has 0 bridgehead atoms. The molecule has 0 fully saturated rings. The van der Waals surface area contributed by atoms with Crippen molar-refractivity contribution < 1.29 is 23.8 Å². The van der Waals surface area contributed by atoms with Gasteiger partial charge in [0.2, 0.25) is 0 Å². The number of nitrogens with one attached hydrogen (secondary N) is 2. The van der Waals surface area contributed by atoms with Crippen molar-refractivity contribution in [3.63, 3.8) is 0 Å². The van der Waals surface area contributed by atoms with Crippen LogP contribution in [0.3, 0.4) is 0 Å². The first-order chi connectivity index (χ1) is 12.4. The summed E-state index contributed by atoms with van der Waals surface area (Å²) in [5, 5.41) is 6.17. The number of anilines is 2. The van der Waals surface area contributed by atoms with Gasteiger partial charge < -0.3 is 24.8 Å². The molecule has 0 saturated heterocycles. The van der Waals surface area contributed by atoms with E-state index in [4.69, 9.17) is 14.2 Å². The fourth-order valence-electron chi connectivity index (χ4n) is 2.21. The maximum Gasteiger partial charge on any atom is 0.343 e. The van der Waals surface area contributed by atoms with E-state index in [0.29, 0.717) is 33.4 Å². The van der Waals surface area contributed by atoms with Crippen molar-refractivity contribution in [3.05, 3.63) is 29.5 Å². The topological polar surface area (TPSA) is 98.8 Å². The molecule has 2 N–H and O–H groups in total. The van der Waals surface area contributed by atoms with E-state index >= 15 is 0 Å². The second kappa shape index (κ2) is 8.52. The predicted octanol–water partition coefficient (Wildman–Crippen LogP) is 2.69. The Labute approximate surface area is 155 Å². The van der Waals surface area contributed by atoms with Crippen molar-refractivity contribution in [2.75, 3.05) is 31.9 Å². The number of methoxy groups -OCH3 is 2. The van der Waals surface area contributed by atoms with Gasteiger partial charge in [0, 0.05) is 18.8 Å². The Morgan fingerprint density at radius 3 is 2.50 bits per heavy atom. The minimum absolute atomic E-state index is 0.336. The van der Waals surface area contributed by atoms with Gasteiger partial charge in [-0.3, -0.25) is 4.79 Å². The van der Waals surface area contributed by atoms with Gasteiger partial charge in [-0.1, -0.05) is 0 Å². The lowest BCUT2D eigenvalue weighted by molar-refractivity contribution is -0.123. The molecule has 9 heteroatoms. The second-order valence-electron chi connectivity index (χ2n) is 5.33. The van der Waals surface area contributed by atoms with Crippen LogP contribution >= 0.6 is 11.5 Å². The van der Waals surface area contributed by atoms with Crippen LogP contribution in [0.5, 0.6) is 11.5 Å². The highest BCUT2D eigenvalue weighted by atomic mass is 32.1. The number of ether oxygens (including phenoxy) is 3. The zero-order valence-corrected chi connectivity index (χ0v) is 16.0. The van der Waals surface area contributed by atoms with Crippen LogP contribution in [0.15, 0.2) is 18.2 Å². The Balaban J connectivity index is 2.06. The molecule has 0 spiro atoms. The number of aryl methyl sites for hydroxylation is 1. The minimum Gasteiger partial charge on any atom is -0.493 e. The molecule has 1 aromatic heterocycles. The Bertz CT molecular complexity index is 806. The fraction of sp³-hybridized carbons (Fsp3) is 0.353. The maximum atomic E-state index is 12.3. The van der Waals surface area contributed by atoms with Gasteiger partial charge in [0.1, 0.15) is 10.6 Å². The molecule has 2 rings (SSSR count). The van der Waals surface area contributed by atoms with Crippen molar-refractivity contribution >= 4 is 34.1 Å². The highest BCUT2D eigenvalue weighted by Crippen LogP contribution is 2.30. The van der Waals surface area contributed by atoms with Gasteiger partial charge in [-0.15, -0.1) is 0 Å². The molecule has 8 nitrogen and oxygen atoms in total. The lowest BCUT2D eigenvalue weighted by Crippen LogP contribution is -2.30. The molecule has 1 unspecified atom stereocenters. The number of nitrogens with zero attached hydrogens (tertiary/aromatic N) is 1.